The molecule has 2 heterocycles. The Balaban J connectivity index is 1.33. The summed E-state index contributed by atoms with van der Waals surface area (Å²) in [6, 6.07) is 10.7. The quantitative estimate of drug-likeness (QED) is 0.714. The first-order valence-corrected chi connectivity index (χ1v) is 11.4. The van der Waals surface area contributed by atoms with E-state index in [0.29, 0.717) is 32.8 Å². The standard InChI is InChI=1S/C25H32FN3O4/c1-17(2)24(19-5-7-22-23(15-19)33-13-12-32-22)27-25(30)29-10-8-28(9-11-29)16-18-4-6-21(31-3)20(26)14-18/h4-7,14-15,17,24H,8-13,16H2,1-3H3,(H,27,30)/t24-/m1/s1. The molecule has 0 unspecified atom stereocenters. The van der Waals surface area contributed by atoms with Crippen LogP contribution in [0.25, 0.3) is 0 Å². The SMILES string of the molecule is COc1ccc(CN2CCN(C(=O)N[C@@H](c3ccc4c(c3)OCCO4)C(C)C)CC2)cc1F. The molecule has 7 nitrogen and oxygen atoms in total. The smallest absolute Gasteiger partial charge is 0.317 e. The number of amides is 2. The third kappa shape index (κ3) is 5.50. The van der Waals surface area contributed by atoms with Crippen molar-refractivity contribution in [2.75, 3.05) is 46.5 Å². The van der Waals surface area contributed by atoms with Gasteiger partial charge in [-0.3, -0.25) is 4.90 Å². The highest BCUT2D eigenvalue weighted by molar-refractivity contribution is 5.75. The highest BCUT2D eigenvalue weighted by atomic mass is 19.1. The van der Waals surface area contributed by atoms with E-state index in [1.807, 2.05) is 29.2 Å². The van der Waals surface area contributed by atoms with Crippen LogP contribution in [0.4, 0.5) is 9.18 Å². The predicted molar refractivity (Wildman–Crippen MR) is 123 cm³/mol. The Morgan fingerprint density at radius 1 is 1.06 bits per heavy atom. The Morgan fingerprint density at radius 3 is 2.45 bits per heavy atom. The van der Waals surface area contributed by atoms with E-state index in [9.17, 15) is 9.18 Å². The van der Waals surface area contributed by atoms with E-state index >= 15 is 0 Å². The summed E-state index contributed by atoms with van der Waals surface area (Å²) < 4.78 is 30.3. The third-order valence-corrected chi connectivity index (χ3v) is 6.15. The summed E-state index contributed by atoms with van der Waals surface area (Å²) in [4.78, 5) is 17.1. The molecule has 2 aliphatic rings. The summed E-state index contributed by atoms with van der Waals surface area (Å²) in [5, 5.41) is 3.20. The lowest BCUT2D eigenvalue weighted by Crippen LogP contribution is -2.52. The number of hydrogen-bond donors (Lipinski definition) is 1. The number of fused-ring (bicyclic) bond motifs is 1. The molecule has 0 aromatic heterocycles. The van der Waals surface area contributed by atoms with Crippen LogP contribution in [0, 0.1) is 11.7 Å². The molecule has 0 bridgehead atoms. The van der Waals surface area contributed by atoms with Gasteiger partial charge in [-0.25, -0.2) is 9.18 Å². The number of methoxy groups -OCH3 is 1. The van der Waals surface area contributed by atoms with Gasteiger partial charge >= 0.3 is 6.03 Å². The topological polar surface area (TPSA) is 63.3 Å². The monoisotopic (exact) mass is 457 g/mol. The molecule has 1 saturated heterocycles. The largest absolute Gasteiger partial charge is 0.494 e. The minimum absolute atomic E-state index is 0.0706. The molecule has 2 aromatic rings. The van der Waals surface area contributed by atoms with Gasteiger partial charge in [-0.05, 0) is 41.3 Å². The summed E-state index contributed by atoms with van der Waals surface area (Å²) in [6.07, 6.45) is 0. The minimum Gasteiger partial charge on any atom is -0.494 e. The predicted octanol–water partition coefficient (Wildman–Crippen LogP) is 3.83. The van der Waals surface area contributed by atoms with Crippen LogP contribution in [0.15, 0.2) is 36.4 Å². The van der Waals surface area contributed by atoms with Crippen molar-refractivity contribution in [2.24, 2.45) is 5.92 Å². The van der Waals surface area contributed by atoms with Crippen LogP contribution < -0.4 is 19.5 Å². The molecular formula is C25H32FN3O4. The zero-order valence-corrected chi connectivity index (χ0v) is 19.5. The van der Waals surface area contributed by atoms with Gasteiger partial charge < -0.3 is 24.4 Å². The van der Waals surface area contributed by atoms with Crippen molar-refractivity contribution >= 4 is 6.03 Å². The van der Waals surface area contributed by atoms with Crippen LogP contribution >= 0.6 is 0 Å². The Labute approximate surface area is 194 Å². The second kappa shape index (κ2) is 10.3. The fraction of sp³-hybridized carbons (Fsp3) is 0.480. The van der Waals surface area contributed by atoms with E-state index in [0.717, 1.165) is 35.7 Å². The number of hydrogen-bond acceptors (Lipinski definition) is 5. The maximum absolute atomic E-state index is 14.0. The third-order valence-electron chi connectivity index (χ3n) is 6.15. The summed E-state index contributed by atoms with van der Waals surface area (Å²) >= 11 is 0. The normalized spacial score (nSPS) is 17.1. The molecular weight excluding hydrogens is 425 g/mol. The van der Waals surface area contributed by atoms with E-state index in [1.54, 1.807) is 6.07 Å². The number of benzene rings is 2. The first-order valence-electron chi connectivity index (χ1n) is 11.4. The van der Waals surface area contributed by atoms with Gasteiger partial charge in [-0.2, -0.15) is 0 Å². The van der Waals surface area contributed by atoms with Crippen molar-refractivity contribution in [1.82, 2.24) is 15.1 Å². The molecule has 178 valence electrons. The van der Waals surface area contributed by atoms with E-state index in [1.165, 1.54) is 13.2 Å². The number of rotatable bonds is 6. The van der Waals surface area contributed by atoms with Crippen molar-refractivity contribution in [1.29, 1.82) is 0 Å². The van der Waals surface area contributed by atoms with Gasteiger partial charge in [0.05, 0.1) is 13.2 Å². The maximum Gasteiger partial charge on any atom is 0.317 e. The van der Waals surface area contributed by atoms with Gasteiger partial charge in [0, 0.05) is 32.7 Å². The highest BCUT2D eigenvalue weighted by Crippen LogP contribution is 2.34. The Hall–Kier alpha value is -3.00. The number of carbonyl (C=O) groups excluding carboxylic acids is 1. The molecule has 2 amide bonds. The van der Waals surface area contributed by atoms with Gasteiger partial charge in [0.2, 0.25) is 0 Å². The van der Waals surface area contributed by atoms with Crippen molar-refractivity contribution in [3.63, 3.8) is 0 Å². The molecule has 4 rings (SSSR count). The van der Waals surface area contributed by atoms with Gasteiger partial charge in [0.15, 0.2) is 23.1 Å². The molecule has 0 radical (unpaired) electrons. The Bertz CT molecular complexity index is 976. The number of nitrogens with zero attached hydrogens (tertiary/aromatic N) is 2. The van der Waals surface area contributed by atoms with E-state index in [4.69, 9.17) is 14.2 Å². The molecule has 1 atom stereocenters. The minimum atomic E-state index is -0.355. The molecule has 0 saturated carbocycles. The van der Waals surface area contributed by atoms with Crippen molar-refractivity contribution in [3.8, 4) is 17.2 Å². The molecule has 33 heavy (non-hydrogen) atoms. The van der Waals surface area contributed by atoms with Crippen LogP contribution in [0.5, 0.6) is 17.2 Å². The molecule has 0 spiro atoms. The van der Waals surface area contributed by atoms with Crippen LogP contribution in [0.2, 0.25) is 0 Å². The zero-order chi connectivity index (χ0) is 23.4. The van der Waals surface area contributed by atoms with E-state index < -0.39 is 0 Å². The fourth-order valence-electron chi connectivity index (χ4n) is 4.29. The Morgan fingerprint density at radius 2 is 1.79 bits per heavy atom. The number of ether oxygens (including phenoxy) is 3. The molecule has 1 fully saturated rings. The van der Waals surface area contributed by atoms with E-state index in [-0.39, 0.29) is 29.6 Å². The van der Waals surface area contributed by atoms with Crippen molar-refractivity contribution in [2.45, 2.75) is 26.4 Å². The second-order valence-electron chi connectivity index (χ2n) is 8.81. The van der Waals surface area contributed by atoms with Crippen LogP contribution in [0.3, 0.4) is 0 Å². The molecule has 2 aliphatic heterocycles. The summed E-state index contributed by atoms with van der Waals surface area (Å²) in [5.41, 5.74) is 1.90. The lowest BCUT2D eigenvalue weighted by atomic mass is 9.95. The van der Waals surface area contributed by atoms with Crippen LogP contribution in [-0.4, -0.2) is 62.3 Å². The van der Waals surface area contributed by atoms with Gasteiger partial charge in [-0.1, -0.05) is 26.0 Å². The van der Waals surface area contributed by atoms with Gasteiger partial charge in [-0.15, -0.1) is 0 Å². The highest BCUT2D eigenvalue weighted by Gasteiger charge is 2.26. The van der Waals surface area contributed by atoms with Gasteiger partial charge in [0.25, 0.3) is 0 Å². The lowest BCUT2D eigenvalue weighted by molar-refractivity contribution is 0.131. The van der Waals surface area contributed by atoms with Gasteiger partial charge in [0.1, 0.15) is 13.2 Å². The average Bonchev–Trinajstić information content (AvgIpc) is 2.82. The fourth-order valence-corrected chi connectivity index (χ4v) is 4.29. The molecule has 2 aromatic carbocycles. The zero-order valence-electron chi connectivity index (χ0n) is 19.5. The number of nitrogens with one attached hydrogen (secondary N) is 1. The molecule has 1 N–H and O–H groups in total. The number of carbonyl (C=O) groups is 1. The maximum atomic E-state index is 14.0. The lowest BCUT2D eigenvalue weighted by Gasteiger charge is -2.36. The second-order valence-corrected chi connectivity index (χ2v) is 8.81. The summed E-state index contributed by atoms with van der Waals surface area (Å²) in [6.45, 7) is 8.62. The Kier molecular flexibility index (Phi) is 7.23. The van der Waals surface area contributed by atoms with Crippen molar-refractivity contribution in [3.05, 3.63) is 53.3 Å². The first-order chi connectivity index (χ1) is 15.9. The van der Waals surface area contributed by atoms with Crippen LogP contribution in [-0.2, 0) is 6.54 Å². The molecule has 8 heteroatoms. The number of piperazine rings is 1. The summed E-state index contributed by atoms with van der Waals surface area (Å²) in [5.74, 6) is 1.57. The first kappa shape index (κ1) is 23.2. The summed E-state index contributed by atoms with van der Waals surface area (Å²) in [7, 11) is 1.46. The van der Waals surface area contributed by atoms with E-state index in [2.05, 4.69) is 24.1 Å². The number of halogens is 1. The van der Waals surface area contributed by atoms with Crippen molar-refractivity contribution < 1.29 is 23.4 Å². The van der Waals surface area contributed by atoms with Crippen LogP contribution in [0.1, 0.15) is 31.0 Å². The molecule has 0 aliphatic carbocycles. The number of urea groups is 1. The average molecular weight is 458 g/mol.